The smallest absolute Gasteiger partial charge is 0.375 e. The molecular formula is C14H11BNOS. The number of nitrogens with zero attached hydrogens (tertiary/aromatic N) is 1. The van der Waals surface area contributed by atoms with Crippen LogP contribution in [0.5, 0.6) is 5.75 Å². The molecule has 0 saturated carbocycles. The number of hydrogen-bond acceptors (Lipinski definition) is 3. The highest BCUT2D eigenvalue weighted by Gasteiger charge is 2.04. The van der Waals surface area contributed by atoms with E-state index in [-0.39, 0.29) is 0 Å². The number of fused-ring (bicyclic) bond motifs is 1. The van der Waals surface area contributed by atoms with Crippen LogP contribution in [0.15, 0.2) is 54.0 Å². The summed E-state index contributed by atoms with van der Waals surface area (Å²) in [6.45, 7) is 0. The van der Waals surface area contributed by atoms with Crippen molar-refractivity contribution in [2.24, 2.45) is 0 Å². The van der Waals surface area contributed by atoms with Gasteiger partial charge in [-0.1, -0.05) is 24.3 Å². The van der Waals surface area contributed by atoms with Crippen LogP contribution in [0.2, 0.25) is 0 Å². The molecule has 0 aliphatic carbocycles. The van der Waals surface area contributed by atoms with Crippen LogP contribution in [0, 0.1) is 0 Å². The molecule has 0 aliphatic rings. The summed E-state index contributed by atoms with van der Waals surface area (Å²) in [5, 5.41) is 3.17. The molecule has 3 rings (SSSR count). The van der Waals surface area contributed by atoms with Crippen molar-refractivity contribution in [3.8, 4) is 5.75 Å². The molecule has 0 fully saturated rings. The third kappa shape index (κ3) is 2.38. The van der Waals surface area contributed by atoms with Gasteiger partial charge in [0.25, 0.3) is 0 Å². The number of rotatable bonds is 4. The van der Waals surface area contributed by atoms with E-state index in [0.29, 0.717) is 0 Å². The zero-order valence-corrected chi connectivity index (χ0v) is 10.6. The Kier molecular flexibility index (Phi) is 3.28. The van der Waals surface area contributed by atoms with Gasteiger partial charge in [-0.15, -0.1) is 11.3 Å². The highest BCUT2D eigenvalue weighted by molar-refractivity contribution is 7.10. The lowest BCUT2D eigenvalue weighted by atomic mass is 9.94. The first kappa shape index (κ1) is 11.3. The molecule has 1 aromatic carbocycles. The van der Waals surface area contributed by atoms with Crippen LogP contribution in [0.1, 0.15) is 4.88 Å². The second kappa shape index (κ2) is 5.23. The van der Waals surface area contributed by atoms with Gasteiger partial charge >= 0.3 is 7.48 Å². The Hall–Kier alpha value is -1.81. The van der Waals surface area contributed by atoms with Gasteiger partial charge in [-0.05, 0) is 29.9 Å². The summed E-state index contributed by atoms with van der Waals surface area (Å²) in [5.74, 6) is 0.810. The van der Waals surface area contributed by atoms with Crippen molar-refractivity contribution in [2.75, 3.05) is 0 Å². The number of benzene rings is 1. The first-order valence-electron chi connectivity index (χ1n) is 5.78. The molecule has 2 nitrogen and oxygen atoms in total. The first-order chi connectivity index (χ1) is 8.93. The van der Waals surface area contributed by atoms with E-state index in [1.807, 2.05) is 43.9 Å². The van der Waals surface area contributed by atoms with Crippen molar-refractivity contribution in [2.45, 2.75) is 6.32 Å². The summed E-state index contributed by atoms with van der Waals surface area (Å²) >= 11 is 1.73. The average molecular weight is 252 g/mol. The zero-order valence-electron chi connectivity index (χ0n) is 9.74. The second-order valence-corrected chi connectivity index (χ2v) is 4.93. The van der Waals surface area contributed by atoms with Gasteiger partial charge in [0.2, 0.25) is 0 Å². The van der Waals surface area contributed by atoms with Crippen LogP contribution in [0.4, 0.5) is 0 Å². The van der Waals surface area contributed by atoms with E-state index >= 15 is 0 Å². The SMILES string of the molecule is [B](Cc1cccs1)Oc1cccc2cccnc12. The standard InChI is InChI=1S/C14H11BNOS/c1-4-11-5-2-8-16-14(11)13(7-1)17-15-10-12-6-3-9-18-12/h1-9H,10H2. The Balaban J connectivity index is 1.74. The van der Waals surface area contributed by atoms with Gasteiger partial charge in [0.15, 0.2) is 0 Å². The lowest BCUT2D eigenvalue weighted by molar-refractivity contribution is 0.598. The Labute approximate surface area is 111 Å². The third-order valence-electron chi connectivity index (χ3n) is 2.67. The Morgan fingerprint density at radius 2 is 2.06 bits per heavy atom. The third-order valence-corrected chi connectivity index (χ3v) is 3.57. The monoisotopic (exact) mass is 252 g/mol. The fourth-order valence-electron chi connectivity index (χ4n) is 1.81. The lowest BCUT2D eigenvalue weighted by Gasteiger charge is -2.07. The van der Waals surface area contributed by atoms with Crippen molar-refractivity contribution in [1.82, 2.24) is 4.98 Å². The minimum atomic E-state index is 0.810. The largest absolute Gasteiger partial charge is 0.561 e. The van der Waals surface area contributed by atoms with E-state index in [1.54, 1.807) is 17.5 Å². The summed E-state index contributed by atoms with van der Waals surface area (Å²) in [5.41, 5.74) is 0.905. The minimum Gasteiger partial charge on any atom is -0.561 e. The van der Waals surface area contributed by atoms with Gasteiger partial charge in [-0.25, -0.2) is 0 Å². The number of aromatic nitrogens is 1. The molecule has 2 heterocycles. The highest BCUT2D eigenvalue weighted by atomic mass is 32.1. The molecule has 0 spiro atoms. The molecule has 0 bridgehead atoms. The molecule has 0 saturated heterocycles. The van der Waals surface area contributed by atoms with E-state index in [9.17, 15) is 0 Å². The first-order valence-corrected chi connectivity index (χ1v) is 6.66. The van der Waals surface area contributed by atoms with Crippen LogP contribution in [-0.2, 0) is 6.32 Å². The number of thiophene rings is 1. The Morgan fingerprint density at radius 3 is 2.94 bits per heavy atom. The van der Waals surface area contributed by atoms with Crippen molar-refractivity contribution in [1.29, 1.82) is 0 Å². The molecule has 0 aliphatic heterocycles. The van der Waals surface area contributed by atoms with Crippen molar-refractivity contribution in [3.63, 3.8) is 0 Å². The maximum atomic E-state index is 5.71. The fourth-order valence-corrected chi connectivity index (χ4v) is 2.47. The van der Waals surface area contributed by atoms with Gasteiger partial charge in [-0.3, -0.25) is 4.98 Å². The number of para-hydroxylation sites is 1. The molecular weight excluding hydrogens is 241 g/mol. The van der Waals surface area contributed by atoms with E-state index in [4.69, 9.17) is 4.65 Å². The van der Waals surface area contributed by atoms with Gasteiger partial charge in [0, 0.05) is 16.5 Å². The molecule has 18 heavy (non-hydrogen) atoms. The molecule has 87 valence electrons. The van der Waals surface area contributed by atoms with E-state index in [1.165, 1.54) is 4.88 Å². The molecule has 4 heteroatoms. The minimum absolute atomic E-state index is 0.810. The maximum absolute atomic E-state index is 5.71. The molecule has 3 aromatic rings. The maximum Gasteiger partial charge on any atom is 0.375 e. The van der Waals surface area contributed by atoms with E-state index in [2.05, 4.69) is 16.4 Å². The number of hydrogen-bond donors (Lipinski definition) is 0. The summed E-state index contributed by atoms with van der Waals surface area (Å²) < 4.78 is 5.71. The summed E-state index contributed by atoms with van der Waals surface area (Å²) in [6, 6.07) is 14.1. The number of pyridine rings is 1. The average Bonchev–Trinajstić information content (AvgIpc) is 2.92. The van der Waals surface area contributed by atoms with Gasteiger partial charge < -0.3 is 4.65 Å². The normalized spacial score (nSPS) is 10.4. The predicted molar refractivity (Wildman–Crippen MR) is 76.1 cm³/mol. The van der Waals surface area contributed by atoms with Crippen molar-refractivity contribution >= 4 is 29.7 Å². The predicted octanol–water partition coefficient (Wildman–Crippen LogP) is 3.49. The zero-order chi connectivity index (χ0) is 12.2. The summed E-state index contributed by atoms with van der Waals surface area (Å²) in [4.78, 5) is 5.65. The molecule has 2 aromatic heterocycles. The summed E-state index contributed by atoms with van der Waals surface area (Å²) in [6.07, 6.45) is 2.61. The van der Waals surface area contributed by atoms with Gasteiger partial charge in [0.1, 0.15) is 11.3 Å². The molecule has 1 radical (unpaired) electrons. The van der Waals surface area contributed by atoms with Crippen molar-refractivity contribution in [3.05, 3.63) is 58.9 Å². The van der Waals surface area contributed by atoms with E-state index in [0.717, 1.165) is 23.0 Å². The second-order valence-electron chi connectivity index (χ2n) is 3.90. The van der Waals surface area contributed by atoms with E-state index < -0.39 is 0 Å². The lowest BCUT2D eigenvalue weighted by Crippen LogP contribution is -2.05. The van der Waals surface area contributed by atoms with Gasteiger partial charge in [-0.2, -0.15) is 0 Å². The molecule has 0 amide bonds. The van der Waals surface area contributed by atoms with Crippen LogP contribution in [-0.4, -0.2) is 12.5 Å². The molecule has 0 N–H and O–H groups in total. The van der Waals surface area contributed by atoms with Crippen molar-refractivity contribution < 1.29 is 4.65 Å². The fraction of sp³-hybridized carbons (Fsp3) is 0.0714. The topological polar surface area (TPSA) is 22.1 Å². The van der Waals surface area contributed by atoms with Crippen LogP contribution >= 0.6 is 11.3 Å². The van der Waals surface area contributed by atoms with Crippen LogP contribution in [0.25, 0.3) is 10.9 Å². The molecule has 0 unspecified atom stereocenters. The van der Waals surface area contributed by atoms with Gasteiger partial charge in [0.05, 0.1) is 0 Å². The Morgan fingerprint density at radius 1 is 1.11 bits per heavy atom. The van der Waals surface area contributed by atoms with Crippen LogP contribution < -0.4 is 4.65 Å². The molecule has 0 atom stereocenters. The Bertz CT molecular complexity index is 634. The van der Waals surface area contributed by atoms with Crippen LogP contribution in [0.3, 0.4) is 0 Å². The quantitative estimate of drug-likeness (QED) is 0.663. The highest BCUT2D eigenvalue weighted by Crippen LogP contribution is 2.22. The summed E-state index contributed by atoms with van der Waals surface area (Å²) in [7, 11) is 1.83.